The van der Waals surface area contributed by atoms with E-state index in [9.17, 15) is 5.26 Å². The molecule has 94 valence electrons. The number of benzene rings is 2. The van der Waals surface area contributed by atoms with Crippen molar-refractivity contribution < 1.29 is 0 Å². The van der Waals surface area contributed by atoms with Crippen LogP contribution in [0.15, 0.2) is 42.5 Å². The zero-order chi connectivity index (χ0) is 13.8. The second-order valence-corrected chi connectivity index (χ2v) is 5.13. The van der Waals surface area contributed by atoms with Gasteiger partial charge in [0.25, 0.3) is 0 Å². The third-order valence-corrected chi connectivity index (χ3v) is 3.32. The molecule has 0 aliphatic carbocycles. The second kappa shape index (κ2) is 6.12. The normalized spacial score (nSPS) is 11.2. The Hall–Kier alpha value is -1.46. The quantitative estimate of drug-likeness (QED) is 0.515. The number of nitriles is 1. The molecule has 0 heterocycles. The molecule has 0 aromatic heterocycles. The van der Waals surface area contributed by atoms with Crippen LogP contribution in [0.2, 0.25) is 15.1 Å². The number of nitrogens with zero attached hydrogens (tertiary/aromatic N) is 1. The van der Waals surface area contributed by atoms with Gasteiger partial charge in [0.2, 0.25) is 0 Å². The molecular weight excluding hydrogens is 301 g/mol. The Morgan fingerprint density at radius 2 is 1.74 bits per heavy atom. The first-order valence-electron chi connectivity index (χ1n) is 5.43. The molecule has 0 amide bonds. The minimum atomic E-state index is 0.492. The Morgan fingerprint density at radius 1 is 1.00 bits per heavy atom. The smallest absolute Gasteiger partial charge is 0.0998 e. The third-order valence-electron chi connectivity index (χ3n) is 2.52. The zero-order valence-corrected chi connectivity index (χ0v) is 12.0. The standard InChI is InChI=1S/C15H8Cl3N/c16-13-3-1-2-10(7-13)12(9-19)6-11-4-5-14(17)8-15(11)18/h1-8H. The van der Waals surface area contributed by atoms with Crippen LogP contribution in [0.4, 0.5) is 0 Å². The molecule has 0 aliphatic rings. The molecule has 1 nitrogen and oxygen atoms in total. The van der Waals surface area contributed by atoms with Gasteiger partial charge < -0.3 is 0 Å². The predicted molar refractivity (Wildman–Crippen MR) is 81.4 cm³/mol. The van der Waals surface area contributed by atoms with E-state index < -0.39 is 0 Å². The molecule has 4 heteroatoms. The molecule has 0 aliphatic heterocycles. The summed E-state index contributed by atoms with van der Waals surface area (Å²) in [5.41, 5.74) is 1.98. The van der Waals surface area contributed by atoms with Gasteiger partial charge in [-0.15, -0.1) is 0 Å². The summed E-state index contributed by atoms with van der Waals surface area (Å²) < 4.78 is 0. The van der Waals surface area contributed by atoms with Crippen LogP contribution < -0.4 is 0 Å². The molecule has 0 saturated heterocycles. The summed E-state index contributed by atoms with van der Waals surface area (Å²) in [5.74, 6) is 0. The number of rotatable bonds is 2. The van der Waals surface area contributed by atoms with Crippen molar-refractivity contribution in [1.29, 1.82) is 5.26 Å². The molecule has 0 bridgehead atoms. The largest absolute Gasteiger partial charge is 0.192 e. The first kappa shape index (κ1) is 14.0. The van der Waals surface area contributed by atoms with Gasteiger partial charge in [0.15, 0.2) is 0 Å². The van der Waals surface area contributed by atoms with Crippen molar-refractivity contribution in [2.75, 3.05) is 0 Å². The van der Waals surface area contributed by atoms with Crippen LogP contribution in [0, 0.1) is 11.3 Å². The number of hydrogen-bond donors (Lipinski definition) is 0. The summed E-state index contributed by atoms with van der Waals surface area (Å²) >= 11 is 17.8. The molecular formula is C15H8Cl3N. The maximum atomic E-state index is 9.25. The van der Waals surface area contributed by atoms with E-state index in [0.29, 0.717) is 20.6 Å². The zero-order valence-electron chi connectivity index (χ0n) is 9.70. The topological polar surface area (TPSA) is 23.8 Å². The van der Waals surface area contributed by atoms with Gasteiger partial charge in [-0.05, 0) is 41.5 Å². The van der Waals surface area contributed by atoms with E-state index in [2.05, 4.69) is 6.07 Å². The Kier molecular flexibility index (Phi) is 4.50. The highest BCUT2D eigenvalue weighted by atomic mass is 35.5. The molecule has 0 radical (unpaired) electrons. The van der Waals surface area contributed by atoms with Crippen molar-refractivity contribution in [2.45, 2.75) is 0 Å². The van der Waals surface area contributed by atoms with Gasteiger partial charge in [0, 0.05) is 15.1 Å². The fourth-order valence-electron chi connectivity index (χ4n) is 1.61. The average Bonchev–Trinajstić information content (AvgIpc) is 2.38. The lowest BCUT2D eigenvalue weighted by Crippen LogP contribution is -1.83. The summed E-state index contributed by atoms with van der Waals surface area (Å²) in [6.45, 7) is 0. The Labute approximate surface area is 126 Å². The summed E-state index contributed by atoms with van der Waals surface area (Å²) in [7, 11) is 0. The fourth-order valence-corrected chi connectivity index (χ4v) is 2.26. The highest BCUT2D eigenvalue weighted by molar-refractivity contribution is 6.35. The summed E-state index contributed by atoms with van der Waals surface area (Å²) in [5, 5.41) is 10.9. The molecule has 19 heavy (non-hydrogen) atoms. The maximum absolute atomic E-state index is 9.25. The van der Waals surface area contributed by atoms with E-state index in [1.807, 2.05) is 6.07 Å². The number of hydrogen-bond acceptors (Lipinski definition) is 1. The van der Waals surface area contributed by atoms with E-state index in [0.717, 1.165) is 11.1 Å². The van der Waals surface area contributed by atoms with Crippen LogP contribution in [0.25, 0.3) is 11.6 Å². The minimum absolute atomic E-state index is 0.492. The van der Waals surface area contributed by atoms with Crippen molar-refractivity contribution in [3.8, 4) is 6.07 Å². The molecule has 2 rings (SSSR count). The van der Waals surface area contributed by atoms with Crippen molar-refractivity contribution in [2.24, 2.45) is 0 Å². The van der Waals surface area contributed by atoms with Crippen LogP contribution in [0.5, 0.6) is 0 Å². The van der Waals surface area contributed by atoms with Crippen LogP contribution in [0.3, 0.4) is 0 Å². The van der Waals surface area contributed by atoms with E-state index in [1.165, 1.54) is 0 Å². The van der Waals surface area contributed by atoms with Gasteiger partial charge in [0.1, 0.15) is 0 Å². The van der Waals surface area contributed by atoms with Crippen LogP contribution in [0.1, 0.15) is 11.1 Å². The Bertz CT molecular complexity index is 684. The van der Waals surface area contributed by atoms with E-state index in [-0.39, 0.29) is 0 Å². The lowest BCUT2D eigenvalue weighted by atomic mass is 10.0. The van der Waals surface area contributed by atoms with Gasteiger partial charge in [-0.1, -0.05) is 53.0 Å². The number of allylic oxidation sites excluding steroid dienone is 1. The molecule has 0 N–H and O–H groups in total. The van der Waals surface area contributed by atoms with E-state index in [1.54, 1.807) is 42.5 Å². The van der Waals surface area contributed by atoms with Crippen molar-refractivity contribution >= 4 is 46.5 Å². The molecule has 2 aromatic carbocycles. The fraction of sp³-hybridized carbons (Fsp3) is 0. The second-order valence-electron chi connectivity index (χ2n) is 3.85. The highest BCUT2D eigenvalue weighted by Gasteiger charge is 2.04. The molecule has 0 unspecified atom stereocenters. The summed E-state index contributed by atoms with van der Waals surface area (Å²) in [4.78, 5) is 0. The molecule has 0 saturated carbocycles. The third kappa shape index (κ3) is 3.52. The molecule has 0 spiro atoms. The highest BCUT2D eigenvalue weighted by Crippen LogP contribution is 2.26. The number of halogens is 3. The minimum Gasteiger partial charge on any atom is -0.192 e. The Morgan fingerprint density at radius 3 is 2.37 bits per heavy atom. The van der Waals surface area contributed by atoms with E-state index in [4.69, 9.17) is 34.8 Å². The molecule has 0 fully saturated rings. The van der Waals surface area contributed by atoms with Gasteiger partial charge in [-0.25, -0.2) is 0 Å². The lowest BCUT2D eigenvalue weighted by Gasteiger charge is -2.02. The van der Waals surface area contributed by atoms with Gasteiger partial charge in [-0.3, -0.25) is 0 Å². The van der Waals surface area contributed by atoms with Crippen molar-refractivity contribution in [1.82, 2.24) is 0 Å². The summed E-state index contributed by atoms with van der Waals surface area (Å²) in [6, 6.07) is 14.4. The summed E-state index contributed by atoms with van der Waals surface area (Å²) in [6.07, 6.45) is 1.71. The van der Waals surface area contributed by atoms with Crippen LogP contribution >= 0.6 is 34.8 Å². The van der Waals surface area contributed by atoms with E-state index >= 15 is 0 Å². The maximum Gasteiger partial charge on any atom is 0.0998 e. The lowest BCUT2D eigenvalue weighted by molar-refractivity contribution is 1.52. The van der Waals surface area contributed by atoms with Gasteiger partial charge in [-0.2, -0.15) is 5.26 Å². The van der Waals surface area contributed by atoms with Gasteiger partial charge >= 0.3 is 0 Å². The molecule has 0 atom stereocenters. The predicted octanol–water partition coefficient (Wildman–Crippen LogP) is 5.71. The van der Waals surface area contributed by atoms with Crippen molar-refractivity contribution in [3.63, 3.8) is 0 Å². The Balaban J connectivity index is 2.48. The first-order chi connectivity index (χ1) is 9.10. The van der Waals surface area contributed by atoms with Crippen LogP contribution in [-0.4, -0.2) is 0 Å². The van der Waals surface area contributed by atoms with Crippen molar-refractivity contribution in [3.05, 3.63) is 68.7 Å². The SMILES string of the molecule is N#CC(=Cc1ccc(Cl)cc1Cl)c1cccc(Cl)c1. The molecule has 2 aromatic rings. The van der Waals surface area contributed by atoms with Crippen LogP contribution in [-0.2, 0) is 0 Å². The first-order valence-corrected chi connectivity index (χ1v) is 6.56. The average molecular weight is 309 g/mol. The monoisotopic (exact) mass is 307 g/mol. The van der Waals surface area contributed by atoms with Gasteiger partial charge in [0.05, 0.1) is 11.6 Å².